The molecule has 5 rings (SSSR count). The van der Waals surface area contributed by atoms with Crippen molar-refractivity contribution in [3.05, 3.63) is 40.4 Å². The molecule has 5 heterocycles. The molecule has 0 saturated carbocycles. The molecule has 0 radical (unpaired) electrons. The lowest BCUT2D eigenvalue weighted by molar-refractivity contribution is 0.0256. The van der Waals surface area contributed by atoms with Gasteiger partial charge in [0.1, 0.15) is 22.1 Å². The Morgan fingerprint density at radius 3 is 2.97 bits per heavy atom. The predicted octanol–water partition coefficient (Wildman–Crippen LogP) is 2.93. The van der Waals surface area contributed by atoms with Crippen molar-refractivity contribution in [2.75, 3.05) is 37.4 Å². The largest absolute Gasteiger partial charge is 0.475 e. The fraction of sp³-hybridized carbons (Fsp3) is 0.435. The monoisotopic (exact) mass is 453 g/mol. The first-order chi connectivity index (χ1) is 15.3. The molecule has 0 bridgehead atoms. The van der Waals surface area contributed by atoms with Crippen molar-refractivity contribution in [1.29, 1.82) is 0 Å². The zero-order chi connectivity index (χ0) is 22.5. The molecule has 3 aromatic rings. The summed E-state index contributed by atoms with van der Waals surface area (Å²) in [6.45, 7) is 6.12. The Bertz CT molecular complexity index is 1200. The van der Waals surface area contributed by atoms with Gasteiger partial charge in [0.25, 0.3) is 5.91 Å². The SMILES string of the molecule is CO[C@@]1(C)CCN(c2ccc3c(n2)OC[C@H](NC(=O)c2sc4nc(C)ccc4c2N)C3)C1. The van der Waals surface area contributed by atoms with Gasteiger partial charge in [-0.05, 0) is 44.5 Å². The summed E-state index contributed by atoms with van der Waals surface area (Å²) in [5.74, 6) is 1.34. The summed E-state index contributed by atoms with van der Waals surface area (Å²) in [4.78, 5) is 25.6. The maximum Gasteiger partial charge on any atom is 0.263 e. The van der Waals surface area contributed by atoms with E-state index in [-0.39, 0.29) is 17.6 Å². The zero-order valence-electron chi connectivity index (χ0n) is 18.5. The maximum absolute atomic E-state index is 12.9. The van der Waals surface area contributed by atoms with Gasteiger partial charge in [-0.3, -0.25) is 4.79 Å². The highest BCUT2D eigenvalue weighted by Gasteiger charge is 2.35. The van der Waals surface area contributed by atoms with Gasteiger partial charge in [-0.2, -0.15) is 4.98 Å². The highest BCUT2D eigenvalue weighted by Crippen LogP contribution is 2.34. The Labute approximate surface area is 190 Å². The van der Waals surface area contributed by atoms with Gasteiger partial charge in [-0.1, -0.05) is 0 Å². The highest BCUT2D eigenvalue weighted by atomic mass is 32.1. The van der Waals surface area contributed by atoms with Crippen LogP contribution in [0, 0.1) is 6.92 Å². The molecule has 1 fully saturated rings. The first-order valence-electron chi connectivity index (χ1n) is 10.7. The molecule has 0 spiro atoms. The van der Waals surface area contributed by atoms with Crippen molar-refractivity contribution in [1.82, 2.24) is 15.3 Å². The summed E-state index contributed by atoms with van der Waals surface area (Å²) in [7, 11) is 1.76. The lowest BCUT2D eigenvalue weighted by Crippen LogP contribution is -2.43. The lowest BCUT2D eigenvalue weighted by atomic mass is 10.1. The number of nitrogens with zero attached hydrogens (tertiary/aromatic N) is 3. The van der Waals surface area contributed by atoms with E-state index in [0.717, 1.165) is 46.8 Å². The van der Waals surface area contributed by atoms with Gasteiger partial charge in [-0.25, -0.2) is 4.98 Å². The number of aryl methyl sites for hydroxylation is 1. The highest BCUT2D eigenvalue weighted by molar-refractivity contribution is 7.21. The third kappa shape index (κ3) is 3.75. The van der Waals surface area contributed by atoms with E-state index in [0.29, 0.717) is 29.5 Å². The Morgan fingerprint density at radius 2 is 2.19 bits per heavy atom. The summed E-state index contributed by atoms with van der Waals surface area (Å²) < 4.78 is 11.6. The number of nitrogens with two attached hydrogens (primary N) is 1. The van der Waals surface area contributed by atoms with E-state index in [1.165, 1.54) is 11.3 Å². The quantitative estimate of drug-likeness (QED) is 0.626. The number of methoxy groups -OCH3 is 1. The van der Waals surface area contributed by atoms with Crippen LogP contribution >= 0.6 is 11.3 Å². The second kappa shape index (κ2) is 7.90. The normalized spacial score (nSPS) is 22.6. The van der Waals surface area contributed by atoms with Gasteiger partial charge in [0.05, 0.1) is 17.3 Å². The van der Waals surface area contributed by atoms with Gasteiger partial charge in [0, 0.05) is 43.3 Å². The summed E-state index contributed by atoms with van der Waals surface area (Å²) in [6, 6.07) is 7.73. The number of amides is 1. The molecule has 8 nitrogen and oxygen atoms in total. The van der Waals surface area contributed by atoms with Crippen molar-refractivity contribution < 1.29 is 14.3 Å². The van der Waals surface area contributed by atoms with E-state index >= 15 is 0 Å². The van der Waals surface area contributed by atoms with E-state index in [2.05, 4.69) is 22.1 Å². The molecular formula is C23H27N5O3S. The molecule has 1 amide bonds. The minimum atomic E-state index is -0.194. The van der Waals surface area contributed by atoms with Crippen LogP contribution in [0.4, 0.5) is 11.5 Å². The smallest absolute Gasteiger partial charge is 0.263 e. The first kappa shape index (κ1) is 21.0. The van der Waals surface area contributed by atoms with Crippen LogP contribution in [0.25, 0.3) is 10.2 Å². The van der Waals surface area contributed by atoms with Crippen molar-refractivity contribution >= 4 is 39.0 Å². The number of nitrogen functional groups attached to an aromatic ring is 1. The fourth-order valence-electron chi connectivity index (χ4n) is 4.32. The number of ether oxygens (including phenoxy) is 2. The predicted molar refractivity (Wildman–Crippen MR) is 126 cm³/mol. The number of pyridine rings is 2. The number of carbonyl (C=O) groups excluding carboxylic acids is 1. The lowest BCUT2D eigenvalue weighted by Gasteiger charge is -2.27. The number of fused-ring (bicyclic) bond motifs is 2. The van der Waals surface area contributed by atoms with Gasteiger partial charge in [0.2, 0.25) is 5.88 Å². The molecule has 0 unspecified atom stereocenters. The van der Waals surface area contributed by atoms with Crippen molar-refractivity contribution in [2.24, 2.45) is 0 Å². The molecule has 9 heteroatoms. The Kier molecular flexibility index (Phi) is 5.17. The van der Waals surface area contributed by atoms with Crippen LogP contribution in [-0.2, 0) is 11.2 Å². The molecule has 1 saturated heterocycles. The summed E-state index contributed by atoms with van der Waals surface area (Å²) in [5.41, 5.74) is 8.45. The molecule has 168 valence electrons. The van der Waals surface area contributed by atoms with Gasteiger partial charge >= 0.3 is 0 Å². The van der Waals surface area contributed by atoms with E-state index in [9.17, 15) is 4.79 Å². The fourth-order valence-corrected chi connectivity index (χ4v) is 5.36. The number of nitrogens with one attached hydrogen (secondary N) is 1. The van der Waals surface area contributed by atoms with Crippen LogP contribution in [-0.4, -0.2) is 54.3 Å². The molecule has 32 heavy (non-hydrogen) atoms. The second-order valence-electron chi connectivity index (χ2n) is 8.80. The molecule has 3 N–H and O–H groups in total. The third-order valence-electron chi connectivity index (χ3n) is 6.34. The number of hydrogen-bond acceptors (Lipinski definition) is 8. The molecule has 0 aromatic carbocycles. The topological polar surface area (TPSA) is 103 Å². The minimum Gasteiger partial charge on any atom is -0.475 e. The summed E-state index contributed by atoms with van der Waals surface area (Å²) >= 11 is 1.32. The average Bonchev–Trinajstić information content (AvgIpc) is 3.34. The minimum absolute atomic E-state index is 0.142. The summed E-state index contributed by atoms with van der Waals surface area (Å²) in [5, 5.41) is 3.88. The van der Waals surface area contributed by atoms with Crippen LogP contribution < -0.4 is 20.7 Å². The maximum atomic E-state index is 12.9. The van der Waals surface area contributed by atoms with Gasteiger partial charge in [0.15, 0.2) is 0 Å². The van der Waals surface area contributed by atoms with Crippen LogP contribution in [0.1, 0.15) is 34.3 Å². The van der Waals surface area contributed by atoms with E-state index < -0.39 is 0 Å². The van der Waals surface area contributed by atoms with E-state index in [1.807, 2.05) is 31.2 Å². The molecule has 2 aliphatic heterocycles. The van der Waals surface area contributed by atoms with Gasteiger partial charge < -0.3 is 25.4 Å². The molecule has 2 aliphatic rings. The number of carbonyl (C=O) groups is 1. The molecule has 3 aromatic heterocycles. The zero-order valence-corrected chi connectivity index (χ0v) is 19.3. The Morgan fingerprint density at radius 1 is 1.34 bits per heavy atom. The Balaban J connectivity index is 1.28. The molecule has 2 atom stereocenters. The van der Waals surface area contributed by atoms with Crippen molar-refractivity contribution in [3.8, 4) is 5.88 Å². The molecular weight excluding hydrogens is 426 g/mol. The second-order valence-corrected chi connectivity index (χ2v) is 9.79. The van der Waals surface area contributed by atoms with Gasteiger partial charge in [-0.15, -0.1) is 11.3 Å². The van der Waals surface area contributed by atoms with Crippen LogP contribution in [0.2, 0.25) is 0 Å². The van der Waals surface area contributed by atoms with E-state index in [4.69, 9.17) is 20.2 Å². The average molecular weight is 454 g/mol. The molecule has 0 aliphatic carbocycles. The first-order valence-corrected chi connectivity index (χ1v) is 11.6. The van der Waals surface area contributed by atoms with E-state index in [1.54, 1.807) is 7.11 Å². The van der Waals surface area contributed by atoms with Crippen LogP contribution in [0.3, 0.4) is 0 Å². The van der Waals surface area contributed by atoms with Crippen molar-refractivity contribution in [3.63, 3.8) is 0 Å². The number of anilines is 2. The number of aromatic nitrogens is 2. The number of thiophene rings is 1. The van der Waals surface area contributed by atoms with Crippen LogP contribution in [0.15, 0.2) is 24.3 Å². The standard InChI is InChI=1S/C23H27N5O3S/c1-13-4-6-16-18(24)19(32-22(16)25-13)20(29)26-15-10-14-5-7-17(27-21(14)31-11-15)28-9-8-23(2,12-28)30-3/h4-7,15H,8-12,24H2,1-3H3,(H,26,29)/t15-,23+/m1/s1. The summed E-state index contributed by atoms with van der Waals surface area (Å²) in [6.07, 6.45) is 1.62. The number of hydrogen-bond donors (Lipinski definition) is 2. The Hall–Kier alpha value is -2.91. The third-order valence-corrected chi connectivity index (χ3v) is 7.45. The van der Waals surface area contributed by atoms with Crippen molar-refractivity contribution in [2.45, 2.75) is 38.3 Å². The number of rotatable bonds is 4. The van der Waals surface area contributed by atoms with Crippen LogP contribution in [0.5, 0.6) is 5.88 Å².